The number of hydrogen-bond acceptors (Lipinski definition) is 5. The number of aromatic amines is 1. The highest BCUT2D eigenvalue weighted by atomic mass is 19.1. The van der Waals surface area contributed by atoms with Gasteiger partial charge in [-0.2, -0.15) is 0 Å². The number of aromatic nitrogens is 1. The zero-order valence-corrected chi connectivity index (χ0v) is 15.1. The summed E-state index contributed by atoms with van der Waals surface area (Å²) in [4.78, 5) is 28.2. The van der Waals surface area contributed by atoms with Gasteiger partial charge in [-0.15, -0.1) is 0 Å². The molecule has 0 atom stereocenters. The van der Waals surface area contributed by atoms with Crippen LogP contribution in [0.5, 0.6) is 0 Å². The molecule has 3 aromatic rings. The maximum absolute atomic E-state index is 13.1. The highest BCUT2D eigenvalue weighted by molar-refractivity contribution is 5.93. The predicted molar refractivity (Wildman–Crippen MR) is 103 cm³/mol. The Kier molecular flexibility index (Phi) is 4.64. The van der Waals surface area contributed by atoms with Gasteiger partial charge in [-0.3, -0.25) is 9.78 Å². The lowest BCUT2D eigenvalue weighted by Gasteiger charge is -2.39. The average Bonchev–Trinajstić information content (AvgIpc) is 3.02. The van der Waals surface area contributed by atoms with Crippen molar-refractivity contribution in [3.8, 4) is 0 Å². The fraction of sp³-hybridized carbons (Fsp3) is 0.300. The molecule has 2 heterocycles. The smallest absolute Gasteiger partial charge is 0.408 e. The number of rotatable bonds is 4. The molecule has 3 N–H and O–H groups in total. The predicted octanol–water partition coefficient (Wildman–Crippen LogP) is 2.62. The molecule has 8 heteroatoms. The number of carbonyl (C=O) groups is 1. The van der Waals surface area contributed by atoms with Gasteiger partial charge in [0.2, 0.25) is 5.91 Å². The standard InChI is InChI=1S/C20H20FN3O4/c21-13-1-4-15(5-2-13)24-9-7-20(27,8-10-24)12-18(25)22-14-3-6-16-17(11-14)28-19(26)23-16/h1-6,11,27H,7-10,12H2,(H,22,25)(H,23,26). The molecule has 1 amide bonds. The van der Waals surface area contributed by atoms with Crippen molar-refractivity contribution in [2.24, 2.45) is 0 Å². The molecule has 1 saturated heterocycles. The third kappa shape index (κ3) is 3.91. The SMILES string of the molecule is O=C(CC1(O)CCN(c2ccc(F)cc2)CC1)Nc1ccc2[nH]c(=O)oc2c1. The van der Waals surface area contributed by atoms with Crippen molar-refractivity contribution >= 4 is 28.4 Å². The van der Waals surface area contributed by atoms with Gasteiger partial charge in [0.05, 0.1) is 17.5 Å². The van der Waals surface area contributed by atoms with Crippen LogP contribution in [0.1, 0.15) is 19.3 Å². The number of carbonyl (C=O) groups excluding carboxylic acids is 1. The van der Waals surface area contributed by atoms with Crippen LogP contribution in [0.25, 0.3) is 11.1 Å². The fourth-order valence-corrected chi connectivity index (χ4v) is 3.54. The zero-order chi connectivity index (χ0) is 19.7. The molecule has 146 valence electrons. The maximum atomic E-state index is 13.1. The lowest BCUT2D eigenvalue weighted by Crippen LogP contribution is -2.46. The lowest BCUT2D eigenvalue weighted by atomic mass is 9.87. The monoisotopic (exact) mass is 385 g/mol. The van der Waals surface area contributed by atoms with Crippen LogP contribution in [0.2, 0.25) is 0 Å². The van der Waals surface area contributed by atoms with E-state index in [4.69, 9.17) is 4.42 Å². The first-order chi connectivity index (χ1) is 13.4. The topological polar surface area (TPSA) is 98.6 Å². The summed E-state index contributed by atoms with van der Waals surface area (Å²) in [5, 5.41) is 13.5. The Morgan fingerprint density at radius 2 is 1.93 bits per heavy atom. The molecule has 0 saturated carbocycles. The van der Waals surface area contributed by atoms with E-state index >= 15 is 0 Å². The Balaban J connectivity index is 1.36. The number of fused-ring (bicyclic) bond motifs is 1. The third-order valence-corrected chi connectivity index (χ3v) is 5.08. The largest absolute Gasteiger partial charge is 0.417 e. The molecule has 2 aromatic carbocycles. The molecule has 1 aromatic heterocycles. The molecule has 0 radical (unpaired) electrons. The molecule has 0 bridgehead atoms. The summed E-state index contributed by atoms with van der Waals surface area (Å²) < 4.78 is 18.0. The molecular weight excluding hydrogens is 365 g/mol. The van der Waals surface area contributed by atoms with Crippen LogP contribution in [-0.4, -0.2) is 34.7 Å². The summed E-state index contributed by atoms with van der Waals surface area (Å²) >= 11 is 0. The average molecular weight is 385 g/mol. The first kappa shape index (κ1) is 18.2. The third-order valence-electron chi connectivity index (χ3n) is 5.08. The Morgan fingerprint density at radius 1 is 1.21 bits per heavy atom. The van der Waals surface area contributed by atoms with Crippen molar-refractivity contribution < 1.29 is 18.7 Å². The first-order valence-electron chi connectivity index (χ1n) is 9.06. The summed E-state index contributed by atoms with van der Waals surface area (Å²) in [5.74, 6) is -1.15. The molecule has 1 aliphatic heterocycles. The van der Waals surface area contributed by atoms with Gasteiger partial charge in [-0.25, -0.2) is 9.18 Å². The maximum Gasteiger partial charge on any atom is 0.417 e. The van der Waals surface area contributed by atoms with E-state index in [1.165, 1.54) is 12.1 Å². The number of H-pyrrole nitrogens is 1. The van der Waals surface area contributed by atoms with E-state index in [0.29, 0.717) is 42.7 Å². The van der Waals surface area contributed by atoms with Gasteiger partial charge < -0.3 is 19.7 Å². The van der Waals surface area contributed by atoms with Crippen molar-refractivity contribution in [3.63, 3.8) is 0 Å². The highest BCUT2D eigenvalue weighted by Crippen LogP contribution is 2.29. The summed E-state index contributed by atoms with van der Waals surface area (Å²) in [6.07, 6.45) is 0.840. The molecule has 4 rings (SSSR count). The van der Waals surface area contributed by atoms with E-state index in [1.54, 1.807) is 30.3 Å². The molecule has 1 fully saturated rings. The number of nitrogens with zero attached hydrogens (tertiary/aromatic N) is 1. The van der Waals surface area contributed by atoms with Crippen LogP contribution in [-0.2, 0) is 4.79 Å². The lowest BCUT2D eigenvalue weighted by molar-refractivity contribution is -0.121. The van der Waals surface area contributed by atoms with Crippen LogP contribution < -0.4 is 16.0 Å². The number of hydrogen-bond donors (Lipinski definition) is 3. The highest BCUT2D eigenvalue weighted by Gasteiger charge is 2.34. The van der Waals surface area contributed by atoms with Gasteiger partial charge in [0.1, 0.15) is 5.82 Å². The summed E-state index contributed by atoms with van der Waals surface area (Å²) in [6.45, 7) is 1.16. The molecule has 0 unspecified atom stereocenters. The molecule has 0 aliphatic carbocycles. The number of benzene rings is 2. The Bertz CT molecular complexity index is 1050. The minimum absolute atomic E-state index is 0.0284. The van der Waals surface area contributed by atoms with Crippen molar-refractivity contribution in [2.45, 2.75) is 24.9 Å². The van der Waals surface area contributed by atoms with E-state index in [0.717, 1.165) is 5.69 Å². The second-order valence-corrected chi connectivity index (χ2v) is 7.14. The van der Waals surface area contributed by atoms with E-state index in [9.17, 15) is 19.1 Å². The summed E-state index contributed by atoms with van der Waals surface area (Å²) in [6, 6.07) is 11.1. The second-order valence-electron chi connectivity index (χ2n) is 7.14. The molecule has 1 aliphatic rings. The van der Waals surface area contributed by atoms with E-state index in [2.05, 4.69) is 15.2 Å². The van der Waals surface area contributed by atoms with Crippen LogP contribution in [0.4, 0.5) is 15.8 Å². The molecular formula is C20H20FN3O4. The number of aliphatic hydroxyl groups is 1. The van der Waals surface area contributed by atoms with Crippen LogP contribution in [0.3, 0.4) is 0 Å². The van der Waals surface area contributed by atoms with Gasteiger partial charge in [-0.1, -0.05) is 0 Å². The fourth-order valence-electron chi connectivity index (χ4n) is 3.54. The molecule has 28 heavy (non-hydrogen) atoms. The van der Waals surface area contributed by atoms with Gasteiger partial charge in [-0.05, 0) is 49.2 Å². The van der Waals surface area contributed by atoms with Gasteiger partial charge >= 0.3 is 5.76 Å². The first-order valence-corrected chi connectivity index (χ1v) is 9.06. The summed E-state index contributed by atoms with van der Waals surface area (Å²) in [5.41, 5.74) is 1.21. The van der Waals surface area contributed by atoms with Crippen LogP contribution in [0, 0.1) is 5.82 Å². The van der Waals surface area contributed by atoms with Crippen LogP contribution in [0.15, 0.2) is 51.7 Å². The molecule has 7 nitrogen and oxygen atoms in total. The van der Waals surface area contributed by atoms with Crippen molar-refractivity contribution in [3.05, 3.63) is 58.8 Å². The van der Waals surface area contributed by atoms with E-state index < -0.39 is 11.4 Å². The van der Waals surface area contributed by atoms with Crippen molar-refractivity contribution in [1.82, 2.24) is 4.98 Å². The number of piperidine rings is 1. The van der Waals surface area contributed by atoms with Gasteiger partial charge in [0.15, 0.2) is 5.58 Å². The minimum atomic E-state index is -1.09. The van der Waals surface area contributed by atoms with Crippen molar-refractivity contribution in [1.29, 1.82) is 0 Å². The second kappa shape index (κ2) is 7.12. The Labute approximate surface area is 159 Å². The Hall–Kier alpha value is -3.13. The number of oxazole rings is 1. The van der Waals surface area contributed by atoms with Crippen LogP contribution >= 0.6 is 0 Å². The molecule has 0 spiro atoms. The number of anilines is 2. The number of amides is 1. The van der Waals surface area contributed by atoms with E-state index in [-0.39, 0.29) is 18.1 Å². The number of nitrogens with one attached hydrogen (secondary N) is 2. The van der Waals surface area contributed by atoms with Gasteiger partial charge in [0, 0.05) is 30.5 Å². The number of halogens is 1. The zero-order valence-electron chi connectivity index (χ0n) is 15.1. The minimum Gasteiger partial charge on any atom is -0.408 e. The quantitative estimate of drug-likeness (QED) is 0.641. The normalized spacial score (nSPS) is 16.3. The Morgan fingerprint density at radius 3 is 2.64 bits per heavy atom. The van der Waals surface area contributed by atoms with Crippen molar-refractivity contribution in [2.75, 3.05) is 23.3 Å². The van der Waals surface area contributed by atoms with Gasteiger partial charge in [0.25, 0.3) is 0 Å². The summed E-state index contributed by atoms with van der Waals surface area (Å²) in [7, 11) is 0. The van der Waals surface area contributed by atoms with E-state index in [1.807, 2.05) is 0 Å².